The van der Waals surface area contributed by atoms with Gasteiger partial charge in [0.1, 0.15) is 5.82 Å². The number of carbonyl (C=O) groups excluding carboxylic acids is 1. The SMILES string of the molecule is C=C(/C=C/c1cnc(NCC(=O)NC2CCCCC2)c(C)c1)NCC1CCCCO1.CC. The fourth-order valence-electron chi connectivity index (χ4n) is 4.03. The molecular weight excluding hydrogens is 400 g/mol. The Morgan fingerprint density at radius 1 is 1.19 bits per heavy atom. The molecule has 3 rings (SSSR count). The molecule has 178 valence electrons. The van der Waals surface area contributed by atoms with Crippen molar-refractivity contribution in [2.75, 3.05) is 25.0 Å². The second-order valence-corrected chi connectivity index (χ2v) is 8.42. The molecule has 1 unspecified atom stereocenters. The van der Waals surface area contributed by atoms with Gasteiger partial charge >= 0.3 is 0 Å². The number of hydrogen-bond donors (Lipinski definition) is 3. The van der Waals surface area contributed by atoms with E-state index in [1.165, 1.54) is 32.1 Å². The quantitative estimate of drug-likeness (QED) is 0.471. The Labute approximate surface area is 194 Å². The van der Waals surface area contributed by atoms with E-state index >= 15 is 0 Å². The minimum absolute atomic E-state index is 0.0383. The van der Waals surface area contributed by atoms with Crippen LogP contribution >= 0.6 is 0 Å². The summed E-state index contributed by atoms with van der Waals surface area (Å²) < 4.78 is 5.73. The van der Waals surface area contributed by atoms with Crippen molar-refractivity contribution in [1.82, 2.24) is 15.6 Å². The van der Waals surface area contributed by atoms with Crippen molar-refractivity contribution in [2.24, 2.45) is 0 Å². The average Bonchev–Trinajstić information content (AvgIpc) is 2.83. The molecular formula is C26H42N4O2. The van der Waals surface area contributed by atoms with E-state index in [-0.39, 0.29) is 18.6 Å². The first kappa shape index (κ1) is 25.9. The van der Waals surface area contributed by atoms with Gasteiger partial charge in [-0.15, -0.1) is 0 Å². The molecule has 0 bridgehead atoms. The molecule has 1 atom stereocenters. The van der Waals surface area contributed by atoms with Crippen LogP contribution in [0.2, 0.25) is 0 Å². The Kier molecular flexibility index (Phi) is 11.9. The second-order valence-electron chi connectivity index (χ2n) is 8.42. The lowest BCUT2D eigenvalue weighted by Gasteiger charge is -2.23. The molecule has 1 saturated heterocycles. The molecule has 32 heavy (non-hydrogen) atoms. The van der Waals surface area contributed by atoms with E-state index in [0.717, 1.165) is 55.1 Å². The molecule has 1 amide bonds. The second kappa shape index (κ2) is 14.7. The van der Waals surface area contributed by atoms with E-state index in [0.29, 0.717) is 6.04 Å². The predicted octanol–water partition coefficient (Wildman–Crippen LogP) is 4.96. The summed E-state index contributed by atoms with van der Waals surface area (Å²) in [5.74, 6) is 0.786. The normalized spacial score (nSPS) is 19.0. The van der Waals surface area contributed by atoms with E-state index in [1.54, 1.807) is 0 Å². The Hall–Kier alpha value is -2.34. The lowest BCUT2D eigenvalue weighted by molar-refractivity contribution is -0.120. The molecule has 0 spiro atoms. The maximum atomic E-state index is 12.2. The first-order valence-corrected chi connectivity index (χ1v) is 12.3. The van der Waals surface area contributed by atoms with E-state index in [2.05, 4.69) is 33.6 Å². The monoisotopic (exact) mass is 442 g/mol. The zero-order valence-electron chi connectivity index (χ0n) is 20.2. The van der Waals surface area contributed by atoms with Crippen molar-refractivity contribution in [2.45, 2.75) is 84.3 Å². The molecule has 1 aliphatic carbocycles. The topological polar surface area (TPSA) is 75.3 Å². The van der Waals surface area contributed by atoms with Gasteiger partial charge in [0.2, 0.25) is 5.91 Å². The lowest BCUT2D eigenvalue weighted by atomic mass is 9.95. The van der Waals surface area contributed by atoms with Crippen LogP contribution in [0.25, 0.3) is 6.08 Å². The van der Waals surface area contributed by atoms with E-state index in [1.807, 2.05) is 39.1 Å². The summed E-state index contributed by atoms with van der Waals surface area (Å²) in [6.07, 6.45) is 15.5. The molecule has 6 nitrogen and oxygen atoms in total. The highest BCUT2D eigenvalue weighted by atomic mass is 16.5. The van der Waals surface area contributed by atoms with Crippen molar-refractivity contribution in [1.29, 1.82) is 0 Å². The first-order valence-electron chi connectivity index (χ1n) is 12.3. The molecule has 1 saturated carbocycles. The number of ether oxygens (including phenoxy) is 1. The van der Waals surface area contributed by atoms with Gasteiger partial charge in [-0.2, -0.15) is 0 Å². The number of nitrogens with one attached hydrogen (secondary N) is 3. The number of hydrogen-bond acceptors (Lipinski definition) is 5. The average molecular weight is 443 g/mol. The summed E-state index contributed by atoms with van der Waals surface area (Å²) in [4.78, 5) is 16.7. The predicted molar refractivity (Wildman–Crippen MR) is 134 cm³/mol. The van der Waals surface area contributed by atoms with Crippen LogP contribution in [0.3, 0.4) is 0 Å². The minimum atomic E-state index is 0.0383. The standard InChI is InChI=1S/C24H36N4O2.C2H6/c1-18-14-20(12-11-19(2)25-16-22-10-6-7-13-30-22)15-26-24(18)27-17-23(29)28-21-8-4-3-5-9-21;1-2/h11-12,14-15,21-22,25H,2-10,13,16-17H2,1H3,(H,26,27)(H,28,29);1-2H3/b12-11+;. The van der Waals surface area contributed by atoms with Crippen LogP contribution in [0.4, 0.5) is 5.82 Å². The molecule has 1 aromatic heterocycles. The number of carbonyl (C=O) groups is 1. The van der Waals surface area contributed by atoms with Crippen LogP contribution in [0.1, 0.15) is 76.3 Å². The smallest absolute Gasteiger partial charge is 0.239 e. The number of anilines is 1. The van der Waals surface area contributed by atoms with Gasteiger partial charge in [-0.1, -0.05) is 45.8 Å². The van der Waals surface area contributed by atoms with Gasteiger partial charge in [0.15, 0.2) is 0 Å². The van der Waals surface area contributed by atoms with Crippen LogP contribution < -0.4 is 16.0 Å². The van der Waals surface area contributed by atoms with Gasteiger partial charge in [-0.25, -0.2) is 4.98 Å². The highest BCUT2D eigenvalue weighted by molar-refractivity contribution is 5.81. The third kappa shape index (κ3) is 9.43. The minimum Gasteiger partial charge on any atom is -0.383 e. The van der Waals surface area contributed by atoms with E-state index in [9.17, 15) is 4.79 Å². The number of rotatable bonds is 9. The zero-order chi connectivity index (χ0) is 23.2. The van der Waals surface area contributed by atoms with Crippen molar-refractivity contribution in [3.8, 4) is 0 Å². The number of nitrogens with zero attached hydrogens (tertiary/aromatic N) is 1. The number of allylic oxidation sites excluding steroid dienone is 1. The molecule has 6 heteroatoms. The molecule has 1 aliphatic heterocycles. The van der Waals surface area contributed by atoms with Crippen molar-refractivity contribution in [3.63, 3.8) is 0 Å². The summed E-state index contributed by atoms with van der Waals surface area (Å²) >= 11 is 0. The van der Waals surface area contributed by atoms with Gasteiger partial charge in [0.05, 0.1) is 12.6 Å². The third-order valence-electron chi connectivity index (χ3n) is 5.79. The summed E-state index contributed by atoms with van der Waals surface area (Å²) in [6, 6.07) is 2.39. The Bertz CT molecular complexity index is 735. The van der Waals surface area contributed by atoms with Gasteiger partial charge in [-0.3, -0.25) is 4.79 Å². The molecule has 2 heterocycles. The highest BCUT2D eigenvalue weighted by Crippen LogP contribution is 2.18. The largest absolute Gasteiger partial charge is 0.383 e. The zero-order valence-corrected chi connectivity index (χ0v) is 20.2. The molecule has 2 aliphatic rings. The Morgan fingerprint density at radius 3 is 2.62 bits per heavy atom. The van der Waals surface area contributed by atoms with Gasteiger partial charge in [0, 0.05) is 31.1 Å². The summed E-state index contributed by atoms with van der Waals surface area (Å²) in [7, 11) is 0. The molecule has 0 radical (unpaired) electrons. The van der Waals surface area contributed by atoms with Crippen LogP contribution in [0.5, 0.6) is 0 Å². The highest BCUT2D eigenvalue weighted by Gasteiger charge is 2.16. The number of amides is 1. The number of aromatic nitrogens is 1. The molecule has 3 N–H and O–H groups in total. The first-order chi connectivity index (χ1) is 15.6. The van der Waals surface area contributed by atoms with Crippen LogP contribution in [-0.2, 0) is 9.53 Å². The Morgan fingerprint density at radius 2 is 1.94 bits per heavy atom. The maximum Gasteiger partial charge on any atom is 0.239 e. The summed E-state index contributed by atoms with van der Waals surface area (Å²) in [5, 5.41) is 9.61. The lowest BCUT2D eigenvalue weighted by Crippen LogP contribution is -2.39. The summed E-state index contributed by atoms with van der Waals surface area (Å²) in [5.41, 5.74) is 2.88. The maximum absolute atomic E-state index is 12.2. The Balaban J connectivity index is 0.00000176. The number of aryl methyl sites for hydroxylation is 1. The molecule has 1 aromatic rings. The molecule has 2 fully saturated rings. The van der Waals surface area contributed by atoms with Crippen molar-refractivity contribution >= 4 is 17.8 Å². The van der Waals surface area contributed by atoms with Crippen LogP contribution in [0, 0.1) is 6.92 Å². The van der Waals surface area contributed by atoms with Gasteiger partial charge in [0.25, 0.3) is 0 Å². The summed E-state index contributed by atoms with van der Waals surface area (Å²) in [6.45, 7) is 12.0. The fraction of sp³-hybridized carbons (Fsp3) is 0.615. The van der Waals surface area contributed by atoms with Crippen LogP contribution in [-0.4, -0.2) is 42.7 Å². The van der Waals surface area contributed by atoms with Crippen LogP contribution in [0.15, 0.2) is 30.6 Å². The van der Waals surface area contributed by atoms with E-state index < -0.39 is 0 Å². The van der Waals surface area contributed by atoms with Crippen molar-refractivity contribution < 1.29 is 9.53 Å². The van der Waals surface area contributed by atoms with Crippen molar-refractivity contribution in [3.05, 3.63) is 41.7 Å². The van der Waals surface area contributed by atoms with Gasteiger partial charge in [-0.05, 0) is 62.3 Å². The molecule has 0 aromatic carbocycles. The third-order valence-corrected chi connectivity index (χ3v) is 5.79. The fourth-order valence-corrected chi connectivity index (χ4v) is 4.03. The van der Waals surface area contributed by atoms with Gasteiger partial charge < -0.3 is 20.7 Å². The number of pyridine rings is 1. The van der Waals surface area contributed by atoms with E-state index in [4.69, 9.17) is 4.74 Å².